The van der Waals surface area contributed by atoms with E-state index in [2.05, 4.69) is 84.0 Å². The van der Waals surface area contributed by atoms with Crippen LogP contribution in [-0.4, -0.2) is 18.3 Å². The van der Waals surface area contributed by atoms with Gasteiger partial charge in [-0.1, -0.05) is 133 Å². The third-order valence-electron chi connectivity index (χ3n) is 10.5. The first-order chi connectivity index (χ1) is 19.2. The second-order valence-corrected chi connectivity index (χ2v) is 13.8. The van der Waals surface area contributed by atoms with E-state index in [9.17, 15) is 0 Å². The van der Waals surface area contributed by atoms with Crippen molar-refractivity contribution in [2.45, 2.75) is 148 Å². The molecule has 3 aromatic rings. The molecule has 3 heteroatoms. The Balaban J connectivity index is 1.54. The van der Waals surface area contributed by atoms with E-state index >= 15 is 0 Å². The van der Waals surface area contributed by atoms with Crippen molar-refractivity contribution in [2.75, 3.05) is 0 Å². The number of hydrogen-bond donors (Lipinski definition) is 0. The van der Waals surface area contributed by atoms with E-state index in [1.807, 2.05) is 0 Å². The Morgan fingerprint density at radius 2 is 1.10 bits per heavy atom. The Kier molecular flexibility index (Phi) is 9.03. The van der Waals surface area contributed by atoms with Gasteiger partial charge in [-0.15, -0.1) is 0 Å². The second kappa shape index (κ2) is 12.2. The monoisotopic (exact) mass is 540 g/mol. The van der Waals surface area contributed by atoms with E-state index in [0.29, 0.717) is 0 Å². The van der Waals surface area contributed by atoms with Gasteiger partial charge in [0, 0.05) is 5.41 Å². The predicted molar refractivity (Wildman–Crippen MR) is 174 cm³/mol. The van der Waals surface area contributed by atoms with Gasteiger partial charge in [-0.05, 0) is 78.7 Å². The molecule has 0 amide bonds. The Bertz CT molecular complexity index is 1270. The van der Waals surface area contributed by atoms with Gasteiger partial charge >= 0.3 is 7.12 Å². The average Bonchev–Trinajstić information content (AvgIpc) is 3.34. The third kappa shape index (κ3) is 5.50. The lowest BCUT2D eigenvalue weighted by Gasteiger charge is -2.33. The molecule has 2 aliphatic rings. The summed E-state index contributed by atoms with van der Waals surface area (Å²) in [4.78, 5) is 0. The van der Waals surface area contributed by atoms with Gasteiger partial charge in [-0.3, -0.25) is 0 Å². The molecule has 1 aliphatic heterocycles. The maximum Gasteiger partial charge on any atom is 0.494 e. The normalized spacial score (nSPS) is 18.5. The molecule has 1 saturated heterocycles. The van der Waals surface area contributed by atoms with Crippen LogP contribution in [0.25, 0.3) is 21.5 Å². The molecular weight excluding hydrogens is 487 g/mol. The zero-order chi connectivity index (χ0) is 28.4. The highest BCUT2D eigenvalue weighted by atomic mass is 16.7. The van der Waals surface area contributed by atoms with Gasteiger partial charge in [0.25, 0.3) is 0 Å². The minimum absolute atomic E-state index is 0.0800. The summed E-state index contributed by atoms with van der Waals surface area (Å²) in [5, 5.41) is 5.73. The maximum atomic E-state index is 6.60. The summed E-state index contributed by atoms with van der Waals surface area (Å²) in [6, 6.07) is 16.6. The SMILES string of the molecule is CCCCCCCCC1(CCCCCCCC)c2cccc3ccc4cc(B5OC(C)(C)C(C)(C)O5)cc1c4c23. The molecule has 0 saturated carbocycles. The van der Waals surface area contributed by atoms with Gasteiger partial charge in [0.1, 0.15) is 0 Å². The number of unbranched alkanes of at least 4 members (excludes halogenated alkanes) is 10. The van der Waals surface area contributed by atoms with Crippen LogP contribution in [0.4, 0.5) is 0 Å². The summed E-state index contributed by atoms with van der Waals surface area (Å²) in [5.41, 5.74) is 3.71. The Morgan fingerprint density at radius 1 is 0.575 bits per heavy atom. The van der Waals surface area contributed by atoms with Crippen LogP contribution in [0.1, 0.15) is 143 Å². The van der Waals surface area contributed by atoms with Gasteiger partial charge in [0.15, 0.2) is 0 Å². The van der Waals surface area contributed by atoms with Crippen molar-refractivity contribution < 1.29 is 9.31 Å². The van der Waals surface area contributed by atoms with Crippen LogP contribution in [-0.2, 0) is 14.7 Å². The minimum Gasteiger partial charge on any atom is -0.399 e. The molecule has 40 heavy (non-hydrogen) atoms. The molecule has 5 rings (SSSR count). The maximum absolute atomic E-state index is 6.60. The molecular formula is C37H53BO2. The fourth-order valence-corrected chi connectivity index (χ4v) is 7.38. The molecule has 0 spiro atoms. The van der Waals surface area contributed by atoms with Crippen LogP contribution in [0.15, 0.2) is 42.5 Å². The van der Waals surface area contributed by atoms with Crippen molar-refractivity contribution in [2.24, 2.45) is 0 Å². The first-order valence-electron chi connectivity index (χ1n) is 16.6. The summed E-state index contributed by atoms with van der Waals surface area (Å²) >= 11 is 0. The van der Waals surface area contributed by atoms with Crippen molar-refractivity contribution in [3.63, 3.8) is 0 Å². The second-order valence-electron chi connectivity index (χ2n) is 13.8. The Labute approximate surface area is 244 Å². The molecule has 3 aromatic carbocycles. The minimum atomic E-state index is -0.339. The zero-order valence-corrected chi connectivity index (χ0v) is 26.3. The van der Waals surface area contributed by atoms with Gasteiger partial charge in [0.05, 0.1) is 11.2 Å². The van der Waals surface area contributed by atoms with Crippen molar-refractivity contribution >= 4 is 34.1 Å². The van der Waals surface area contributed by atoms with Gasteiger partial charge < -0.3 is 9.31 Å². The van der Waals surface area contributed by atoms with E-state index in [4.69, 9.17) is 9.31 Å². The molecule has 0 aromatic heterocycles. The number of rotatable bonds is 15. The molecule has 0 unspecified atom stereocenters. The predicted octanol–water partition coefficient (Wildman–Crippen LogP) is 10.4. The highest BCUT2D eigenvalue weighted by Crippen LogP contribution is 2.54. The fourth-order valence-electron chi connectivity index (χ4n) is 7.38. The molecule has 1 fully saturated rings. The van der Waals surface area contributed by atoms with Crippen molar-refractivity contribution in [1.82, 2.24) is 0 Å². The highest BCUT2D eigenvalue weighted by Gasteiger charge is 2.52. The van der Waals surface area contributed by atoms with E-state index in [1.54, 1.807) is 11.1 Å². The van der Waals surface area contributed by atoms with Crippen molar-refractivity contribution in [3.8, 4) is 0 Å². The molecule has 1 heterocycles. The summed E-state index contributed by atoms with van der Waals surface area (Å²) in [5.74, 6) is 0. The topological polar surface area (TPSA) is 18.5 Å². The molecule has 0 N–H and O–H groups in total. The first kappa shape index (κ1) is 29.7. The van der Waals surface area contributed by atoms with Crippen LogP contribution < -0.4 is 5.46 Å². The Hall–Kier alpha value is -1.84. The smallest absolute Gasteiger partial charge is 0.399 e. The van der Waals surface area contributed by atoms with E-state index < -0.39 is 0 Å². The van der Waals surface area contributed by atoms with Crippen LogP contribution in [0.5, 0.6) is 0 Å². The van der Waals surface area contributed by atoms with Gasteiger partial charge in [0.2, 0.25) is 0 Å². The number of hydrogen-bond acceptors (Lipinski definition) is 2. The molecule has 2 nitrogen and oxygen atoms in total. The summed E-state index contributed by atoms with van der Waals surface area (Å²) < 4.78 is 13.2. The molecule has 216 valence electrons. The van der Waals surface area contributed by atoms with Gasteiger partial charge in [-0.25, -0.2) is 0 Å². The standard InChI is InChI=1S/C37H53BO2/c1-7-9-11-13-15-17-24-37(25-18-16-14-12-10-8-2)31-21-19-20-28-22-23-29-26-30(27-32(37)34(29)33(28)31)38-39-35(3,4)36(5,6)40-38/h19-23,26-27H,7-18,24-25H2,1-6H3. The van der Waals surface area contributed by atoms with Crippen LogP contribution in [0, 0.1) is 0 Å². The fraction of sp³-hybridized carbons (Fsp3) is 0.622. The Morgan fingerprint density at radius 3 is 1.70 bits per heavy atom. The highest BCUT2D eigenvalue weighted by molar-refractivity contribution is 6.62. The summed E-state index contributed by atoms with van der Waals surface area (Å²) in [7, 11) is -0.328. The van der Waals surface area contributed by atoms with Crippen LogP contribution in [0.2, 0.25) is 0 Å². The quantitative estimate of drug-likeness (QED) is 0.108. The summed E-state index contributed by atoms with van der Waals surface area (Å²) in [6.45, 7) is 13.3. The lowest BCUT2D eigenvalue weighted by molar-refractivity contribution is 0.00578. The molecule has 0 radical (unpaired) electrons. The van der Waals surface area contributed by atoms with E-state index in [0.717, 1.165) is 0 Å². The largest absolute Gasteiger partial charge is 0.494 e. The van der Waals surface area contributed by atoms with Gasteiger partial charge in [-0.2, -0.15) is 0 Å². The molecule has 0 atom stereocenters. The van der Waals surface area contributed by atoms with Crippen LogP contribution in [0.3, 0.4) is 0 Å². The van der Waals surface area contributed by atoms with Crippen molar-refractivity contribution in [3.05, 3.63) is 53.6 Å². The van der Waals surface area contributed by atoms with E-state index in [1.165, 1.54) is 117 Å². The third-order valence-corrected chi connectivity index (χ3v) is 10.5. The molecule has 1 aliphatic carbocycles. The molecule has 0 bridgehead atoms. The summed E-state index contributed by atoms with van der Waals surface area (Å²) in [6.07, 6.45) is 18.6. The van der Waals surface area contributed by atoms with Crippen molar-refractivity contribution in [1.29, 1.82) is 0 Å². The average molecular weight is 541 g/mol. The first-order valence-corrected chi connectivity index (χ1v) is 16.6. The zero-order valence-electron chi connectivity index (χ0n) is 26.3. The van der Waals surface area contributed by atoms with Crippen LogP contribution >= 0.6 is 0 Å². The lowest BCUT2D eigenvalue weighted by atomic mass is 9.68. The number of benzene rings is 3. The van der Waals surface area contributed by atoms with E-state index in [-0.39, 0.29) is 23.7 Å². The lowest BCUT2D eigenvalue weighted by Crippen LogP contribution is -2.41.